The van der Waals surface area contributed by atoms with Crippen LogP contribution in [-0.2, 0) is 91.4 Å². The molecule has 0 spiro atoms. The number of aromatic hydroxyl groups is 3. The number of carbonyl (C=O) groups is 3. The molecule has 0 heterocycles. The molecule has 0 saturated heterocycles. The molecule has 0 saturated carbocycles. The molecule has 6 aromatic carbocycles. The highest BCUT2D eigenvalue weighted by molar-refractivity contribution is 5.83. The number of ether oxygens (including phenoxy) is 3. The van der Waals surface area contributed by atoms with E-state index in [4.69, 9.17) is 14.2 Å². The number of phenolic OH excluding ortho intramolecular Hbond substituents is 3. The fraction of sp³-hybridized carbons (Fsp3) is 0.259. The van der Waals surface area contributed by atoms with Gasteiger partial charge in [-0.3, -0.25) is 14.4 Å². The lowest BCUT2D eigenvalue weighted by Gasteiger charge is -2.30. The van der Waals surface area contributed by atoms with Crippen LogP contribution in [0.2, 0.25) is 0 Å². The molecular weight excluding hydrogens is 1160 g/mol. The van der Waals surface area contributed by atoms with Gasteiger partial charge in [-0.05, 0) is 229 Å². The standard InChI is InChI=1S/C85H94O9/c1-17-29-58-51-77(92-83(89)55(14)70-42-64(35-23-7)80(86)65(43-70)36-24-8)61(32-20-4)48-73(58)54(13)41-76(74-49-62(33-21-5)78(52-59(74)30-18-2)93-84(90)56(15)71-44-66(37-25-9)81(87)67(45-71)38-26-10)75-50-63(34-22-6)79(53-60(75)31-19-3)94-85(91)57(16)72-46-68(39-27-11)82(88)69(47-72)40-28-12/h17-28,42-57,76,86-88H,1-12,29-41H2,13-16H3. The number of carbonyl (C=O) groups excluding carboxylic acids is 3. The Labute approximate surface area is 559 Å². The monoisotopic (exact) mass is 1260 g/mol. The second-order valence-electron chi connectivity index (χ2n) is 24.1. The summed E-state index contributed by atoms with van der Waals surface area (Å²) >= 11 is 0. The summed E-state index contributed by atoms with van der Waals surface area (Å²) in [5, 5.41) is 33.3. The van der Waals surface area contributed by atoms with Gasteiger partial charge in [-0.25, -0.2) is 0 Å². The Kier molecular flexibility index (Phi) is 27.3. The first-order valence-electron chi connectivity index (χ1n) is 32.2. The predicted octanol–water partition coefficient (Wildman–Crippen LogP) is 19.0. The maximum Gasteiger partial charge on any atom is 0.318 e. The summed E-state index contributed by atoms with van der Waals surface area (Å²) in [4.78, 5) is 43.5. The second kappa shape index (κ2) is 35.2. The van der Waals surface area contributed by atoms with E-state index < -0.39 is 41.6 Å². The Hall–Kier alpha value is -9.99. The lowest BCUT2D eigenvalue weighted by Crippen LogP contribution is -2.19. The molecule has 0 aliphatic carbocycles. The average molecular weight is 1260 g/mol. The minimum absolute atomic E-state index is 0.146. The Balaban J connectivity index is 1.56. The van der Waals surface area contributed by atoms with Crippen molar-refractivity contribution in [2.45, 2.75) is 141 Å². The molecule has 9 nitrogen and oxygen atoms in total. The lowest BCUT2D eigenvalue weighted by atomic mass is 9.75. The van der Waals surface area contributed by atoms with Crippen molar-refractivity contribution in [1.29, 1.82) is 0 Å². The van der Waals surface area contributed by atoms with E-state index in [2.05, 4.69) is 104 Å². The molecule has 6 aromatic rings. The van der Waals surface area contributed by atoms with E-state index in [0.29, 0.717) is 151 Å². The third-order valence-corrected chi connectivity index (χ3v) is 17.3. The molecule has 6 rings (SSSR count). The van der Waals surface area contributed by atoms with Crippen LogP contribution in [0.1, 0.15) is 164 Å². The minimum Gasteiger partial charge on any atom is -0.507 e. The molecule has 0 amide bonds. The molecule has 4 atom stereocenters. The van der Waals surface area contributed by atoms with Gasteiger partial charge in [0, 0.05) is 5.92 Å². The highest BCUT2D eigenvalue weighted by Gasteiger charge is 2.31. The van der Waals surface area contributed by atoms with Gasteiger partial charge < -0.3 is 29.5 Å². The first-order chi connectivity index (χ1) is 45.2. The number of hydrogen-bond donors (Lipinski definition) is 3. The van der Waals surface area contributed by atoms with Crippen LogP contribution < -0.4 is 14.2 Å². The fourth-order valence-electron chi connectivity index (χ4n) is 12.3. The SMILES string of the molecule is C=CCc1cc(C(C)CC(c2cc(CC=C)c(OC(=O)C(C)c3cc(CC=C)c(O)c(CC=C)c3)cc2CC=C)c2cc(CC=C)c(OC(=O)C(C)c3cc(CC=C)c(O)c(CC=C)c3)cc2CC=C)c(CC=C)cc1OC(=O)C(C)c1cc(CC=C)c(O)c(CC=C)c1. The first kappa shape index (κ1) is 73.1. The van der Waals surface area contributed by atoms with E-state index in [1.54, 1.807) is 75.5 Å². The molecule has 94 heavy (non-hydrogen) atoms. The Morgan fingerprint density at radius 1 is 0.309 bits per heavy atom. The molecule has 4 unspecified atom stereocenters. The molecule has 0 radical (unpaired) electrons. The first-order valence-corrected chi connectivity index (χ1v) is 32.2. The summed E-state index contributed by atoms with van der Waals surface area (Å²) in [5.74, 6) is -2.61. The molecule has 0 bridgehead atoms. The van der Waals surface area contributed by atoms with Crippen LogP contribution in [0.25, 0.3) is 0 Å². The number of esters is 3. The van der Waals surface area contributed by atoms with Crippen molar-refractivity contribution >= 4 is 17.9 Å². The normalized spacial score (nSPS) is 12.5. The third kappa shape index (κ3) is 17.8. The van der Waals surface area contributed by atoms with Crippen LogP contribution in [-0.4, -0.2) is 33.2 Å². The Morgan fingerprint density at radius 3 is 0.745 bits per heavy atom. The van der Waals surface area contributed by atoms with Crippen LogP contribution >= 0.6 is 0 Å². The molecule has 0 aliphatic heterocycles. The second-order valence-corrected chi connectivity index (χ2v) is 24.1. The molecule has 0 aromatic heterocycles. The topological polar surface area (TPSA) is 140 Å². The van der Waals surface area contributed by atoms with Crippen molar-refractivity contribution in [2.75, 3.05) is 0 Å². The highest BCUT2D eigenvalue weighted by atomic mass is 16.5. The van der Waals surface area contributed by atoms with E-state index in [1.165, 1.54) is 0 Å². The summed E-state index contributed by atoms with van der Waals surface area (Å²) in [6, 6.07) is 23.1. The van der Waals surface area contributed by atoms with Crippen molar-refractivity contribution in [3.8, 4) is 34.5 Å². The fourth-order valence-corrected chi connectivity index (χ4v) is 12.3. The van der Waals surface area contributed by atoms with Crippen molar-refractivity contribution < 1.29 is 43.9 Å². The van der Waals surface area contributed by atoms with Gasteiger partial charge in [-0.2, -0.15) is 0 Å². The summed E-state index contributed by atoms with van der Waals surface area (Å²) in [6.07, 6.45) is 26.4. The molecule has 0 aliphatic rings. The summed E-state index contributed by atoms with van der Waals surface area (Å²) in [5.41, 5.74) is 13.7. The van der Waals surface area contributed by atoms with Crippen LogP contribution in [0.4, 0.5) is 0 Å². The molecular formula is C85H94O9. The summed E-state index contributed by atoms with van der Waals surface area (Å²) in [6.45, 7) is 55.9. The predicted molar refractivity (Wildman–Crippen MR) is 387 cm³/mol. The zero-order valence-corrected chi connectivity index (χ0v) is 55.7. The largest absolute Gasteiger partial charge is 0.507 e. The molecule has 488 valence electrons. The quantitative estimate of drug-likeness (QED) is 0.0196. The van der Waals surface area contributed by atoms with Crippen LogP contribution in [0.15, 0.2) is 225 Å². The molecule has 3 N–H and O–H groups in total. The zero-order chi connectivity index (χ0) is 68.8. The van der Waals surface area contributed by atoms with Crippen LogP contribution in [0.3, 0.4) is 0 Å². The van der Waals surface area contributed by atoms with Gasteiger partial charge in [0.1, 0.15) is 34.5 Å². The summed E-state index contributed by atoms with van der Waals surface area (Å²) in [7, 11) is 0. The lowest BCUT2D eigenvalue weighted by molar-refractivity contribution is -0.136. The highest BCUT2D eigenvalue weighted by Crippen LogP contribution is 2.45. The van der Waals surface area contributed by atoms with Crippen molar-refractivity contribution in [3.63, 3.8) is 0 Å². The average Bonchev–Trinajstić information content (AvgIpc) is 0.793. The Morgan fingerprint density at radius 2 is 0.511 bits per heavy atom. The van der Waals surface area contributed by atoms with E-state index in [9.17, 15) is 29.7 Å². The van der Waals surface area contributed by atoms with Crippen molar-refractivity contribution in [2.24, 2.45) is 0 Å². The van der Waals surface area contributed by atoms with Gasteiger partial charge in [0.2, 0.25) is 0 Å². The van der Waals surface area contributed by atoms with Crippen molar-refractivity contribution in [3.05, 3.63) is 325 Å². The van der Waals surface area contributed by atoms with Gasteiger partial charge in [-0.1, -0.05) is 134 Å². The van der Waals surface area contributed by atoms with E-state index in [0.717, 1.165) is 50.1 Å². The number of phenols is 3. The minimum atomic E-state index is -0.731. The number of hydrogen-bond acceptors (Lipinski definition) is 9. The van der Waals surface area contributed by atoms with Crippen LogP contribution in [0.5, 0.6) is 34.5 Å². The Bertz CT molecular complexity index is 3640. The van der Waals surface area contributed by atoms with Gasteiger partial charge in [0.25, 0.3) is 0 Å². The number of allylic oxidation sites excluding steroid dienone is 12. The van der Waals surface area contributed by atoms with E-state index in [1.807, 2.05) is 72.8 Å². The van der Waals surface area contributed by atoms with Gasteiger partial charge in [0.15, 0.2) is 0 Å². The molecule has 0 fully saturated rings. The maximum atomic E-state index is 14.6. The van der Waals surface area contributed by atoms with E-state index in [-0.39, 0.29) is 23.2 Å². The van der Waals surface area contributed by atoms with E-state index >= 15 is 0 Å². The number of benzene rings is 6. The van der Waals surface area contributed by atoms with Crippen LogP contribution in [0, 0.1) is 0 Å². The van der Waals surface area contributed by atoms with Gasteiger partial charge in [-0.15, -0.1) is 78.9 Å². The third-order valence-electron chi connectivity index (χ3n) is 17.3. The van der Waals surface area contributed by atoms with Crippen molar-refractivity contribution in [1.82, 2.24) is 0 Å². The molecule has 9 heteroatoms. The zero-order valence-electron chi connectivity index (χ0n) is 55.7. The van der Waals surface area contributed by atoms with Gasteiger partial charge >= 0.3 is 17.9 Å². The maximum absolute atomic E-state index is 14.6. The summed E-state index contributed by atoms with van der Waals surface area (Å²) < 4.78 is 19.4. The van der Waals surface area contributed by atoms with Gasteiger partial charge in [0.05, 0.1) is 17.8 Å². The number of rotatable bonds is 38. The smallest absolute Gasteiger partial charge is 0.318 e.